The summed E-state index contributed by atoms with van der Waals surface area (Å²) in [6.45, 7) is 2.09. The van der Waals surface area contributed by atoms with Crippen molar-refractivity contribution in [1.29, 1.82) is 0 Å². The van der Waals surface area contributed by atoms with Gasteiger partial charge in [0.05, 0.1) is 0 Å². The summed E-state index contributed by atoms with van der Waals surface area (Å²) in [5.74, 6) is -0.0504. The molecule has 0 radical (unpaired) electrons. The van der Waals surface area contributed by atoms with Crippen LogP contribution in [0.2, 0.25) is 0 Å². The van der Waals surface area contributed by atoms with Gasteiger partial charge in [0.1, 0.15) is 5.38 Å². The molecule has 1 atom stereocenters. The molecule has 18 heavy (non-hydrogen) atoms. The third-order valence-corrected chi connectivity index (χ3v) is 3.42. The monoisotopic (exact) mass is 258 g/mol. The molecule has 0 fully saturated rings. The Morgan fingerprint density at radius 1 is 1.06 bits per heavy atom. The highest BCUT2D eigenvalue weighted by atomic mass is 35.5. The van der Waals surface area contributed by atoms with Gasteiger partial charge in [-0.1, -0.05) is 61.5 Å². The Bertz CT molecular complexity index is 517. The van der Waals surface area contributed by atoms with E-state index in [1.165, 1.54) is 5.56 Å². The van der Waals surface area contributed by atoms with Crippen LogP contribution in [0.15, 0.2) is 54.6 Å². The summed E-state index contributed by atoms with van der Waals surface area (Å²) in [7, 11) is 0. The number of hydrogen-bond acceptors (Lipinski definition) is 1. The molecule has 1 unspecified atom stereocenters. The predicted octanol–water partition coefficient (Wildman–Crippen LogP) is 4.41. The SMILES string of the molecule is CCc1ccc(C(=O)C(Cl)c2ccccc2)cc1. The second kappa shape index (κ2) is 5.83. The van der Waals surface area contributed by atoms with E-state index in [4.69, 9.17) is 11.6 Å². The smallest absolute Gasteiger partial charge is 0.185 e. The maximum atomic E-state index is 12.2. The van der Waals surface area contributed by atoms with E-state index < -0.39 is 5.38 Å². The molecule has 0 aromatic heterocycles. The fraction of sp³-hybridized carbons (Fsp3) is 0.188. The molecule has 1 nitrogen and oxygen atoms in total. The molecular formula is C16H15ClO. The van der Waals surface area contributed by atoms with Crippen molar-refractivity contribution < 1.29 is 4.79 Å². The minimum absolute atomic E-state index is 0.0504. The molecule has 0 N–H and O–H groups in total. The molecule has 0 spiro atoms. The molecule has 0 saturated carbocycles. The van der Waals surface area contributed by atoms with Gasteiger partial charge in [-0.25, -0.2) is 0 Å². The van der Waals surface area contributed by atoms with E-state index in [1.54, 1.807) is 0 Å². The summed E-state index contributed by atoms with van der Waals surface area (Å²) in [6.07, 6.45) is 0.970. The number of hydrogen-bond donors (Lipinski definition) is 0. The van der Waals surface area contributed by atoms with E-state index in [0.29, 0.717) is 5.56 Å². The van der Waals surface area contributed by atoms with Gasteiger partial charge in [0, 0.05) is 5.56 Å². The van der Waals surface area contributed by atoms with Crippen molar-refractivity contribution in [2.24, 2.45) is 0 Å². The number of halogens is 1. The van der Waals surface area contributed by atoms with Crippen LogP contribution in [0, 0.1) is 0 Å². The zero-order valence-corrected chi connectivity index (χ0v) is 11.0. The molecule has 92 valence electrons. The third kappa shape index (κ3) is 2.80. The van der Waals surface area contributed by atoms with Crippen LogP contribution in [-0.2, 0) is 6.42 Å². The highest BCUT2D eigenvalue weighted by Gasteiger charge is 2.18. The summed E-state index contributed by atoms with van der Waals surface area (Å²) < 4.78 is 0. The van der Waals surface area contributed by atoms with Crippen LogP contribution < -0.4 is 0 Å². The molecule has 0 bridgehead atoms. The van der Waals surface area contributed by atoms with Crippen LogP contribution in [0.4, 0.5) is 0 Å². The Hall–Kier alpha value is -1.60. The van der Waals surface area contributed by atoms with Gasteiger partial charge >= 0.3 is 0 Å². The van der Waals surface area contributed by atoms with Gasteiger partial charge in [-0.2, -0.15) is 0 Å². The number of Topliss-reactive ketones (excluding diaryl/α,β-unsaturated/α-hetero) is 1. The van der Waals surface area contributed by atoms with Gasteiger partial charge in [-0.15, -0.1) is 11.6 Å². The Kier molecular flexibility index (Phi) is 4.16. The molecule has 0 aliphatic carbocycles. The van der Waals surface area contributed by atoms with E-state index in [2.05, 4.69) is 6.92 Å². The predicted molar refractivity (Wildman–Crippen MR) is 75.2 cm³/mol. The zero-order chi connectivity index (χ0) is 13.0. The van der Waals surface area contributed by atoms with Gasteiger partial charge in [0.25, 0.3) is 0 Å². The number of rotatable bonds is 4. The van der Waals surface area contributed by atoms with E-state index in [1.807, 2.05) is 54.6 Å². The average Bonchev–Trinajstić information content (AvgIpc) is 2.47. The van der Waals surface area contributed by atoms with Crippen LogP contribution in [0.3, 0.4) is 0 Å². The van der Waals surface area contributed by atoms with Crippen molar-refractivity contribution >= 4 is 17.4 Å². The Balaban J connectivity index is 2.20. The molecule has 0 aliphatic heterocycles. The molecule has 0 aliphatic rings. The van der Waals surface area contributed by atoms with Crippen LogP contribution >= 0.6 is 11.6 Å². The summed E-state index contributed by atoms with van der Waals surface area (Å²) in [4.78, 5) is 12.2. The highest BCUT2D eigenvalue weighted by Crippen LogP contribution is 2.24. The van der Waals surface area contributed by atoms with E-state index in [-0.39, 0.29) is 5.78 Å². The van der Waals surface area contributed by atoms with Crippen LogP contribution in [0.25, 0.3) is 0 Å². The topological polar surface area (TPSA) is 17.1 Å². The number of carbonyl (C=O) groups excluding carboxylic acids is 1. The molecule has 2 heteroatoms. The summed E-state index contributed by atoms with van der Waals surface area (Å²) in [5.41, 5.74) is 2.72. The van der Waals surface area contributed by atoms with Crippen molar-refractivity contribution in [3.05, 3.63) is 71.3 Å². The maximum Gasteiger partial charge on any atom is 0.185 e. The van der Waals surface area contributed by atoms with Gasteiger partial charge < -0.3 is 0 Å². The van der Waals surface area contributed by atoms with Gasteiger partial charge in [0.15, 0.2) is 5.78 Å². The van der Waals surface area contributed by atoms with Crippen molar-refractivity contribution in [2.75, 3.05) is 0 Å². The Morgan fingerprint density at radius 3 is 2.22 bits per heavy atom. The molecule has 0 heterocycles. The lowest BCUT2D eigenvalue weighted by Gasteiger charge is -2.09. The zero-order valence-electron chi connectivity index (χ0n) is 10.3. The molecule has 0 amide bonds. The van der Waals surface area contributed by atoms with Gasteiger partial charge in [0.2, 0.25) is 0 Å². The van der Waals surface area contributed by atoms with E-state index >= 15 is 0 Å². The summed E-state index contributed by atoms with van der Waals surface area (Å²) in [6, 6.07) is 17.1. The lowest BCUT2D eigenvalue weighted by Crippen LogP contribution is -2.07. The first-order chi connectivity index (χ1) is 8.72. The van der Waals surface area contributed by atoms with E-state index in [9.17, 15) is 4.79 Å². The largest absolute Gasteiger partial charge is 0.292 e. The Morgan fingerprint density at radius 2 is 1.67 bits per heavy atom. The molecule has 2 aromatic rings. The highest BCUT2D eigenvalue weighted by molar-refractivity contribution is 6.33. The third-order valence-electron chi connectivity index (χ3n) is 2.97. The number of ketones is 1. The van der Waals surface area contributed by atoms with E-state index in [0.717, 1.165) is 12.0 Å². The first kappa shape index (κ1) is 12.8. The second-order valence-corrected chi connectivity index (χ2v) is 4.62. The Labute approximate surface area is 112 Å². The number of alkyl halides is 1. The fourth-order valence-electron chi connectivity index (χ4n) is 1.82. The normalized spacial score (nSPS) is 12.1. The maximum absolute atomic E-state index is 12.2. The van der Waals surface area contributed by atoms with Gasteiger partial charge in [-0.05, 0) is 17.5 Å². The lowest BCUT2D eigenvalue weighted by atomic mass is 10.0. The summed E-state index contributed by atoms with van der Waals surface area (Å²) >= 11 is 6.22. The average molecular weight is 259 g/mol. The molecule has 0 saturated heterocycles. The van der Waals surface area contributed by atoms with Crippen molar-refractivity contribution in [3.8, 4) is 0 Å². The fourth-order valence-corrected chi connectivity index (χ4v) is 2.10. The van der Waals surface area contributed by atoms with Crippen molar-refractivity contribution in [3.63, 3.8) is 0 Å². The quantitative estimate of drug-likeness (QED) is 0.586. The van der Waals surface area contributed by atoms with Crippen LogP contribution in [0.5, 0.6) is 0 Å². The number of benzene rings is 2. The molecule has 2 rings (SSSR count). The van der Waals surface area contributed by atoms with Crippen LogP contribution in [0.1, 0.15) is 33.8 Å². The van der Waals surface area contributed by atoms with Crippen molar-refractivity contribution in [1.82, 2.24) is 0 Å². The van der Waals surface area contributed by atoms with Gasteiger partial charge in [-0.3, -0.25) is 4.79 Å². The molecule has 2 aromatic carbocycles. The second-order valence-electron chi connectivity index (χ2n) is 4.19. The minimum Gasteiger partial charge on any atom is -0.292 e. The summed E-state index contributed by atoms with van der Waals surface area (Å²) in [5, 5.41) is -0.612. The minimum atomic E-state index is -0.612. The lowest BCUT2D eigenvalue weighted by molar-refractivity contribution is 0.0987. The first-order valence-electron chi connectivity index (χ1n) is 6.04. The number of carbonyl (C=O) groups is 1. The standard InChI is InChI=1S/C16H15ClO/c1-2-12-8-10-14(11-9-12)16(18)15(17)13-6-4-3-5-7-13/h3-11,15H,2H2,1H3. The molecular weight excluding hydrogens is 244 g/mol. The number of aryl methyl sites for hydroxylation is 1. The van der Waals surface area contributed by atoms with Crippen molar-refractivity contribution in [2.45, 2.75) is 18.7 Å². The van der Waals surface area contributed by atoms with Crippen LogP contribution in [-0.4, -0.2) is 5.78 Å². The first-order valence-corrected chi connectivity index (χ1v) is 6.48.